The number of benzene rings is 2. The van der Waals surface area contributed by atoms with E-state index in [2.05, 4.69) is 20.4 Å². The van der Waals surface area contributed by atoms with Crippen molar-refractivity contribution in [2.45, 2.75) is 6.92 Å². The first-order valence-electron chi connectivity index (χ1n) is 13.1. The summed E-state index contributed by atoms with van der Waals surface area (Å²) in [5.41, 5.74) is 1.29. The highest BCUT2D eigenvalue weighted by atomic mass is 19.1. The van der Waals surface area contributed by atoms with Gasteiger partial charge in [0.25, 0.3) is 11.5 Å². The first kappa shape index (κ1) is 27.3. The fraction of sp³-hybridized carbons (Fsp3) is 0.0645. The molecule has 0 atom stereocenters. The minimum absolute atomic E-state index is 0.0524. The largest absolute Gasteiger partial charge is 0.493 e. The van der Waals surface area contributed by atoms with E-state index in [1.807, 2.05) is 0 Å². The van der Waals surface area contributed by atoms with Gasteiger partial charge in [-0.3, -0.25) is 24.1 Å². The van der Waals surface area contributed by atoms with Crippen LogP contribution in [0, 0.1) is 11.6 Å². The average molecular weight is 581 g/mol. The minimum atomic E-state index is -0.810. The molecule has 6 aromatic rings. The van der Waals surface area contributed by atoms with Gasteiger partial charge in [-0.25, -0.2) is 13.3 Å². The third kappa shape index (κ3) is 5.40. The van der Waals surface area contributed by atoms with E-state index in [0.717, 1.165) is 6.07 Å². The van der Waals surface area contributed by atoms with Gasteiger partial charge in [0.1, 0.15) is 22.6 Å². The lowest BCUT2D eigenvalue weighted by Crippen LogP contribution is -2.29. The fourth-order valence-corrected chi connectivity index (χ4v) is 4.53. The number of aromatic nitrogens is 5. The number of carbonyl (C=O) groups excluding carboxylic acids is 1. The molecule has 12 heteroatoms. The molecule has 214 valence electrons. The Morgan fingerprint density at radius 1 is 0.930 bits per heavy atom. The molecule has 10 nitrogen and oxygen atoms in total. The van der Waals surface area contributed by atoms with E-state index in [-0.39, 0.29) is 29.4 Å². The number of hydrogen-bond donors (Lipinski definition) is 1. The van der Waals surface area contributed by atoms with Gasteiger partial charge in [-0.2, -0.15) is 5.10 Å². The number of carbonyl (C=O) groups is 1. The topological polar surface area (TPSA) is 113 Å². The van der Waals surface area contributed by atoms with Gasteiger partial charge in [0.05, 0.1) is 24.7 Å². The van der Waals surface area contributed by atoms with Crippen molar-refractivity contribution in [1.29, 1.82) is 0 Å². The minimum Gasteiger partial charge on any atom is -0.493 e. The van der Waals surface area contributed by atoms with E-state index < -0.39 is 23.1 Å². The third-order valence-electron chi connectivity index (χ3n) is 6.45. The number of ether oxygens (including phenoxy) is 2. The molecule has 0 aliphatic heterocycles. The SMILES string of the molecule is CCOc1ccn(-c2ccc(F)cc2)c(=O)c1C(=O)Nc1ccc(Oc2ccnn3ccc(-c4cnccn4)c23)c(F)c1. The van der Waals surface area contributed by atoms with Crippen LogP contribution in [0.15, 0.2) is 103 Å². The lowest BCUT2D eigenvalue weighted by Gasteiger charge is -2.14. The van der Waals surface area contributed by atoms with Crippen molar-refractivity contribution >= 4 is 17.1 Å². The van der Waals surface area contributed by atoms with Crippen molar-refractivity contribution in [2.24, 2.45) is 0 Å². The maximum atomic E-state index is 15.3. The smallest absolute Gasteiger partial charge is 0.271 e. The van der Waals surface area contributed by atoms with Gasteiger partial charge < -0.3 is 14.8 Å². The van der Waals surface area contributed by atoms with Gasteiger partial charge in [-0.15, -0.1) is 0 Å². The highest BCUT2D eigenvalue weighted by Gasteiger charge is 2.21. The number of rotatable bonds is 8. The highest BCUT2D eigenvalue weighted by Crippen LogP contribution is 2.34. The van der Waals surface area contributed by atoms with Crippen molar-refractivity contribution < 1.29 is 23.0 Å². The zero-order chi connectivity index (χ0) is 29.9. The summed E-state index contributed by atoms with van der Waals surface area (Å²) in [6.07, 6.45) is 9.40. The summed E-state index contributed by atoms with van der Waals surface area (Å²) >= 11 is 0. The number of amides is 1. The van der Waals surface area contributed by atoms with Gasteiger partial charge in [-0.05, 0) is 55.5 Å². The van der Waals surface area contributed by atoms with Crippen molar-refractivity contribution in [3.05, 3.63) is 125 Å². The van der Waals surface area contributed by atoms with Crippen LogP contribution in [0.1, 0.15) is 17.3 Å². The van der Waals surface area contributed by atoms with E-state index in [0.29, 0.717) is 28.2 Å². The fourth-order valence-electron chi connectivity index (χ4n) is 4.53. The van der Waals surface area contributed by atoms with Crippen LogP contribution < -0.4 is 20.3 Å². The second kappa shape index (κ2) is 11.5. The Morgan fingerprint density at radius 2 is 1.77 bits per heavy atom. The summed E-state index contributed by atoms with van der Waals surface area (Å²) in [5, 5.41) is 6.83. The first-order valence-corrected chi connectivity index (χ1v) is 13.1. The number of pyridine rings is 1. The molecule has 6 rings (SSSR count). The number of anilines is 1. The Balaban J connectivity index is 1.29. The summed E-state index contributed by atoms with van der Waals surface area (Å²) < 4.78 is 43.0. The number of nitrogens with zero attached hydrogens (tertiary/aromatic N) is 5. The van der Waals surface area contributed by atoms with Gasteiger partial charge >= 0.3 is 0 Å². The van der Waals surface area contributed by atoms with Crippen molar-refractivity contribution in [2.75, 3.05) is 11.9 Å². The Hall–Kier alpha value is -5.91. The molecule has 1 N–H and O–H groups in total. The summed E-state index contributed by atoms with van der Waals surface area (Å²) in [4.78, 5) is 35.1. The molecule has 0 radical (unpaired) electrons. The Labute approximate surface area is 242 Å². The third-order valence-corrected chi connectivity index (χ3v) is 6.45. The molecular weight excluding hydrogens is 558 g/mol. The molecule has 4 heterocycles. The van der Waals surface area contributed by atoms with Crippen molar-refractivity contribution in [1.82, 2.24) is 24.1 Å². The quantitative estimate of drug-likeness (QED) is 0.247. The maximum absolute atomic E-state index is 15.3. The molecule has 2 aromatic carbocycles. The van der Waals surface area contributed by atoms with Crippen LogP contribution in [0.4, 0.5) is 14.5 Å². The molecule has 0 unspecified atom stereocenters. The molecule has 0 bridgehead atoms. The van der Waals surface area contributed by atoms with Crippen molar-refractivity contribution in [3.63, 3.8) is 0 Å². The predicted octanol–water partition coefficient (Wildman–Crippen LogP) is 5.66. The highest BCUT2D eigenvalue weighted by molar-refractivity contribution is 6.06. The molecule has 0 saturated carbocycles. The molecular formula is C31H22F2N6O4. The lowest BCUT2D eigenvalue weighted by molar-refractivity contribution is 0.102. The van der Waals surface area contributed by atoms with Crippen LogP contribution in [0.2, 0.25) is 0 Å². The lowest BCUT2D eigenvalue weighted by atomic mass is 10.2. The van der Waals surface area contributed by atoms with E-state index >= 15 is 4.39 Å². The van der Waals surface area contributed by atoms with E-state index in [9.17, 15) is 14.0 Å². The van der Waals surface area contributed by atoms with E-state index in [4.69, 9.17) is 9.47 Å². The van der Waals surface area contributed by atoms with Crippen LogP contribution >= 0.6 is 0 Å². The Morgan fingerprint density at radius 3 is 2.51 bits per heavy atom. The number of hydrogen-bond acceptors (Lipinski definition) is 7. The van der Waals surface area contributed by atoms with Crippen LogP contribution in [0.5, 0.6) is 17.2 Å². The standard InChI is InChI=1S/C31H22F2N6O4/c1-2-42-26-11-15-38(21-6-3-19(32)4-7-21)31(41)28(26)30(40)37-20-5-8-25(23(33)17-20)43-27-9-12-36-39-16-10-22(29(27)39)24-18-34-13-14-35-24/h3-18H,2H2,1H3,(H,37,40). The summed E-state index contributed by atoms with van der Waals surface area (Å²) in [7, 11) is 0. The molecule has 0 aliphatic carbocycles. The number of halogens is 2. The van der Waals surface area contributed by atoms with Crippen LogP contribution in [-0.4, -0.2) is 36.7 Å². The Bertz CT molecular complexity index is 2010. The van der Waals surface area contributed by atoms with E-state index in [1.54, 1.807) is 48.4 Å². The van der Waals surface area contributed by atoms with Crippen molar-refractivity contribution in [3.8, 4) is 34.2 Å². The zero-order valence-electron chi connectivity index (χ0n) is 22.6. The monoisotopic (exact) mass is 580 g/mol. The zero-order valence-corrected chi connectivity index (χ0v) is 22.6. The molecule has 43 heavy (non-hydrogen) atoms. The first-order chi connectivity index (χ1) is 20.9. The predicted molar refractivity (Wildman–Crippen MR) is 154 cm³/mol. The summed E-state index contributed by atoms with van der Waals surface area (Å²) in [5.74, 6) is -1.77. The molecule has 4 aromatic heterocycles. The van der Waals surface area contributed by atoms with Crippen LogP contribution in [0.3, 0.4) is 0 Å². The van der Waals surface area contributed by atoms with E-state index in [1.165, 1.54) is 59.4 Å². The summed E-state index contributed by atoms with van der Waals surface area (Å²) in [6.45, 7) is 1.91. The van der Waals surface area contributed by atoms with Gasteiger partial charge in [0.15, 0.2) is 17.3 Å². The van der Waals surface area contributed by atoms with Gasteiger partial charge in [0.2, 0.25) is 0 Å². The van der Waals surface area contributed by atoms with Gasteiger partial charge in [0, 0.05) is 53.9 Å². The second-order valence-electron chi connectivity index (χ2n) is 9.15. The molecule has 0 spiro atoms. The van der Waals surface area contributed by atoms with Crippen LogP contribution in [0.25, 0.3) is 22.5 Å². The molecule has 1 amide bonds. The maximum Gasteiger partial charge on any atom is 0.271 e. The molecule has 0 saturated heterocycles. The Kier molecular flexibility index (Phi) is 7.31. The van der Waals surface area contributed by atoms with Crippen LogP contribution in [-0.2, 0) is 0 Å². The number of nitrogens with one attached hydrogen (secondary N) is 1. The molecule has 0 fully saturated rings. The normalized spacial score (nSPS) is 11.0. The average Bonchev–Trinajstić information content (AvgIpc) is 3.45. The molecule has 0 aliphatic rings. The summed E-state index contributed by atoms with van der Waals surface area (Å²) in [6, 6.07) is 14.0. The van der Waals surface area contributed by atoms with Gasteiger partial charge in [-0.1, -0.05) is 0 Å². The number of fused-ring (bicyclic) bond motifs is 1. The second-order valence-corrected chi connectivity index (χ2v) is 9.15.